The summed E-state index contributed by atoms with van der Waals surface area (Å²) in [6, 6.07) is 0. The number of alkyl halides is 1. The molecule has 2 atom stereocenters. The minimum Gasteiger partial charge on any atom is -0.297 e. The van der Waals surface area contributed by atoms with Crippen molar-refractivity contribution in [3.8, 4) is 0 Å². The van der Waals surface area contributed by atoms with Gasteiger partial charge in [0.2, 0.25) is 0 Å². The van der Waals surface area contributed by atoms with Crippen LogP contribution in [0.15, 0.2) is 17.6 Å². The van der Waals surface area contributed by atoms with Crippen molar-refractivity contribution in [1.29, 1.82) is 0 Å². The molecule has 0 aromatic rings. The molecule has 2 heteroatoms. The summed E-state index contributed by atoms with van der Waals surface area (Å²) in [7, 11) is 1.75. The third-order valence-corrected chi connectivity index (χ3v) is 2.52. The first-order valence-corrected chi connectivity index (χ1v) is 4.51. The molecule has 0 heterocycles. The summed E-state index contributed by atoms with van der Waals surface area (Å²) in [5.41, 5.74) is 1.04. The molecule has 0 aromatic heterocycles. The van der Waals surface area contributed by atoms with Gasteiger partial charge in [0.1, 0.15) is 6.17 Å². The molecule has 1 rings (SSSR count). The summed E-state index contributed by atoms with van der Waals surface area (Å²) in [5.74, 6) is 0.0150. The van der Waals surface area contributed by atoms with E-state index in [0.29, 0.717) is 0 Å². The standard InChI is InChI=1S/C10H16FN/c1-3-9(11)8-6-4-5-7-10(8)12-2/h3,8-9H,1,4-7H2,2H3/b12-10-. The van der Waals surface area contributed by atoms with Crippen LogP contribution in [0, 0.1) is 5.92 Å². The average Bonchev–Trinajstić information content (AvgIpc) is 2.16. The Hall–Kier alpha value is -0.660. The SMILES string of the molecule is C=CC(F)C1CCCC/C1=N/C. The van der Waals surface area contributed by atoms with E-state index in [2.05, 4.69) is 11.6 Å². The number of allylic oxidation sites excluding steroid dienone is 1. The topological polar surface area (TPSA) is 12.4 Å². The number of aliphatic imine (C=N–C) groups is 1. The smallest absolute Gasteiger partial charge is 0.126 e. The fraction of sp³-hybridized carbons (Fsp3) is 0.700. The molecule has 0 bridgehead atoms. The molecule has 1 aliphatic rings. The van der Waals surface area contributed by atoms with E-state index in [1.807, 2.05) is 0 Å². The monoisotopic (exact) mass is 169 g/mol. The molecule has 0 radical (unpaired) electrons. The third-order valence-electron chi connectivity index (χ3n) is 2.52. The number of hydrogen-bond donors (Lipinski definition) is 0. The fourth-order valence-electron chi connectivity index (χ4n) is 1.81. The van der Waals surface area contributed by atoms with E-state index in [0.717, 1.165) is 31.4 Å². The number of halogens is 1. The lowest BCUT2D eigenvalue weighted by atomic mass is 9.84. The molecular weight excluding hydrogens is 153 g/mol. The zero-order valence-corrected chi connectivity index (χ0v) is 7.59. The molecule has 1 nitrogen and oxygen atoms in total. The first kappa shape index (κ1) is 9.43. The van der Waals surface area contributed by atoms with Gasteiger partial charge in [-0.05, 0) is 19.3 Å². The van der Waals surface area contributed by atoms with Gasteiger partial charge in [0.15, 0.2) is 0 Å². The molecule has 1 saturated carbocycles. The molecule has 0 aromatic carbocycles. The fourth-order valence-corrected chi connectivity index (χ4v) is 1.81. The predicted molar refractivity (Wildman–Crippen MR) is 50.4 cm³/mol. The second kappa shape index (κ2) is 4.39. The van der Waals surface area contributed by atoms with Crippen LogP contribution in [0.5, 0.6) is 0 Å². The van der Waals surface area contributed by atoms with Gasteiger partial charge in [0.25, 0.3) is 0 Å². The second-order valence-electron chi connectivity index (χ2n) is 3.25. The first-order valence-electron chi connectivity index (χ1n) is 4.51. The van der Waals surface area contributed by atoms with Crippen molar-refractivity contribution in [3.05, 3.63) is 12.7 Å². The Bertz CT molecular complexity index is 186. The van der Waals surface area contributed by atoms with Crippen LogP contribution >= 0.6 is 0 Å². The van der Waals surface area contributed by atoms with Crippen molar-refractivity contribution in [3.63, 3.8) is 0 Å². The van der Waals surface area contributed by atoms with Crippen molar-refractivity contribution in [2.24, 2.45) is 10.9 Å². The minimum atomic E-state index is -0.899. The highest BCUT2D eigenvalue weighted by Crippen LogP contribution is 2.26. The lowest BCUT2D eigenvalue weighted by Gasteiger charge is -2.25. The number of nitrogens with zero attached hydrogens (tertiary/aromatic N) is 1. The van der Waals surface area contributed by atoms with Crippen molar-refractivity contribution < 1.29 is 4.39 Å². The Balaban J connectivity index is 2.65. The number of hydrogen-bond acceptors (Lipinski definition) is 1. The molecular formula is C10H16FN. The van der Waals surface area contributed by atoms with Crippen LogP contribution in [0.1, 0.15) is 25.7 Å². The van der Waals surface area contributed by atoms with Gasteiger partial charge in [-0.1, -0.05) is 12.5 Å². The maximum atomic E-state index is 13.3. The zero-order valence-electron chi connectivity index (χ0n) is 7.59. The molecule has 2 unspecified atom stereocenters. The van der Waals surface area contributed by atoms with Gasteiger partial charge >= 0.3 is 0 Å². The number of rotatable bonds is 2. The third kappa shape index (κ3) is 1.93. The van der Waals surface area contributed by atoms with Crippen LogP contribution in [-0.4, -0.2) is 18.9 Å². The van der Waals surface area contributed by atoms with E-state index in [4.69, 9.17) is 0 Å². The van der Waals surface area contributed by atoms with Gasteiger partial charge in [-0.15, -0.1) is 6.58 Å². The minimum absolute atomic E-state index is 0.0150. The predicted octanol–water partition coefficient (Wildman–Crippen LogP) is 2.77. The molecule has 0 N–H and O–H groups in total. The molecule has 1 aliphatic carbocycles. The lowest BCUT2D eigenvalue weighted by molar-refractivity contribution is 0.306. The highest BCUT2D eigenvalue weighted by atomic mass is 19.1. The second-order valence-corrected chi connectivity index (χ2v) is 3.25. The van der Waals surface area contributed by atoms with Crippen molar-refractivity contribution in [2.45, 2.75) is 31.9 Å². The van der Waals surface area contributed by atoms with Crippen molar-refractivity contribution in [2.75, 3.05) is 7.05 Å². The van der Waals surface area contributed by atoms with E-state index in [1.54, 1.807) is 7.05 Å². The van der Waals surface area contributed by atoms with Gasteiger partial charge in [-0.25, -0.2) is 4.39 Å². The maximum Gasteiger partial charge on any atom is 0.126 e. The van der Waals surface area contributed by atoms with E-state index < -0.39 is 6.17 Å². The zero-order chi connectivity index (χ0) is 8.97. The molecule has 0 aliphatic heterocycles. The van der Waals surface area contributed by atoms with Gasteiger partial charge in [-0.3, -0.25) is 4.99 Å². The highest BCUT2D eigenvalue weighted by molar-refractivity contribution is 5.88. The Kier molecular flexibility index (Phi) is 3.45. The Morgan fingerprint density at radius 2 is 2.42 bits per heavy atom. The average molecular weight is 169 g/mol. The van der Waals surface area contributed by atoms with Crippen LogP contribution in [0.4, 0.5) is 4.39 Å². The lowest BCUT2D eigenvalue weighted by Crippen LogP contribution is -2.27. The van der Waals surface area contributed by atoms with Gasteiger partial charge < -0.3 is 0 Å². The van der Waals surface area contributed by atoms with Crippen LogP contribution in [0.2, 0.25) is 0 Å². The van der Waals surface area contributed by atoms with Crippen LogP contribution in [0.3, 0.4) is 0 Å². The summed E-state index contributed by atoms with van der Waals surface area (Å²) in [4.78, 5) is 4.13. The van der Waals surface area contributed by atoms with Crippen molar-refractivity contribution >= 4 is 5.71 Å². The van der Waals surface area contributed by atoms with Gasteiger partial charge in [0, 0.05) is 18.7 Å². The highest BCUT2D eigenvalue weighted by Gasteiger charge is 2.25. The van der Waals surface area contributed by atoms with E-state index >= 15 is 0 Å². The molecule has 1 fully saturated rings. The summed E-state index contributed by atoms with van der Waals surface area (Å²) < 4.78 is 13.3. The molecule has 0 saturated heterocycles. The Morgan fingerprint density at radius 1 is 1.67 bits per heavy atom. The maximum absolute atomic E-state index is 13.3. The summed E-state index contributed by atoms with van der Waals surface area (Å²) in [6.45, 7) is 3.47. The van der Waals surface area contributed by atoms with Crippen LogP contribution < -0.4 is 0 Å². The van der Waals surface area contributed by atoms with Gasteiger partial charge in [0.05, 0.1) is 0 Å². The normalized spacial score (nSPS) is 30.2. The van der Waals surface area contributed by atoms with Crippen LogP contribution in [0.25, 0.3) is 0 Å². The van der Waals surface area contributed by atoms with E-state index in [1.165, 1.54) is 6.08 Å². The van der Waals surface area contributed by atoms with Crippen molar-refractivity contribution in [1.82, 2.24) is 0 Å². The largest absolute Gasteiger partial charge is 0.297 e. The van der Waals surface area contributed by atoms with Gasteiger partial charge in [-0.2, -0.15) is 0 Å². The quantitative estimate of drug-likeness (QED) is 0.564. The summed E-state index contributed by atoms with van der Waals surface area (Å²) in [6.07, 6.45) is 4.67. The molecule has 68 valence electrons. The summed E-state index contributed by atoms with van der Waals surface area (Å²) >= 11 is 0. The van der Waals surface area contributed by atoms with E-state index in [-0.39, 0.29) is 5.92 Å². The molecule has 0 spiro atoms. The van der Waals surface area contributed by atoms with E-state index in [9.17, 15) is 4.39 Å². The Labute approximate surface area is 73.4 Å². The molecule has 12 heavy (non-hydrogen) atoms. The first-order chi connectivity index (χ1) is 5.79. The molecule has 0 amide bonds. The summed E-state index contributed by atoms with van der Waals surface area (Å²) in [5, 5.41) is 0. The Morgan fingerprint density at radius 3 is 3.00 bits per heavy atom. The van der Waals surface area contributed by atoms with Crippen LogP contribution in [-0.2, 0) is 0 Å².